The lowest BCUT2D eigenvalue weighted by Crippen LogP contribution is -2.11. The zero-order valence-electron chi connectivity index (χ0n) is 30.1. The molecule has 0 spiro atoms. The first kappa shape index (κ1) is 31.2. The first-order chi connectivity index (χ1) is 27.8. The Hall–Kier alpha value is -7.21. The van der Waals surface area contributed by atoms with Gasteiger partial charge in [-0.05, 0) is 76.8 Å². The highest BCUT2D eigenvalue weighted by Crippen LogP contribution is 2.50. The lowest BCUT2D eigenvalue weighted by atomic mass is 10.00. The van der Waals surface area contributed by atoms with Crippen LogP contribution >= 0.6 is 11.3 Å². The van der Waals surface area contributed by atoms with Crippen LogP contribution in [0, 0.1) is 0 Å². The van der Waals surface area contributed by atoms with Gasteiger partial charge in [-0.3, -0.25) is 0 Å². The molecule has 0 amide bonds. The normalized spacial score (nSPS) is 11.9. The molecule has 9 aromatic carbocycles. The molecule has 56 heavy (non-hydrogen) atoms. The quantitative estimate of drug-likeness (QED) is 0.177. The van der Waals surface area contributed by atoms with Gasteiger partial charge in [0.1, 0.15) is 5.52 Å². The number of fused-ring (bicyclic) bond motifs is 10. The van der Waals surface area contributed by atoms with Crippen molar-refractivity contribution in [1.29, 1.82) is 0 Å². The van der Waals surface area contributed by atoms with E-state index in [9.17, 15) is 0 Å². The second-order valence-corrected chi connectivity index (χ2v) is 15.4. The van der Waals surface area contributed by atoms with Crippen molar-refractivity contribution in [2.75, 3.05) is 4.90 Å². The van der Waals surface area contributed by atoms with Gasteiger partial charge in [-0.15, -0.1) is 11.3 Å². The number of hydrogen-bond donors (Lipinski definition) is 0. The SMILES string of the molecule is c1ccc(-n2c3ccccc3c3c4ccccc4c(N(c4cccc5nc(-c6cccc7ccccc67)oc45)c4cccc5sc6ccccc6c45)cc32)cc1. The third-order valence-electron chi connectivity index (χ3n) is 11.2. The van der Waals surface area contributed by atoms with Crippen LogP contribution in [0.4, 0.5) is 17.1 Å². The van der Waals surface area contributed by atoms with Crippen molar-refractivity contribution in [2.24, 2.45) is 0 Å². The summed E-state index contributed by atoms with van der Waals surface area (Å²) in [4.78, 5) is 7.59. The summed E-state index contributed by atoms with van der Waals surface area (Å²) in [5, 5.41) is 9.52. The lowest BCUT2D eigenvalue weighted by Gasteiger charge is -2.28. The molecule has 0 aliphatic heterocycles. The Balaban J connectivity index is 1.23. The van der Waals surface area contributed by atoms with Crippen LogP contribution in [0.2, 0.25) is 0 Å². The fourth-order valence-corrected chi connectivity index (χ4v) is 9.95. The minimum atomic E-state index is 0.605. The number of anilines is 3. The molecule has 0 saturated carbocycles. The predicted octanol–water partition coefficient (Wildman–Crippen LogP) is 14.7. The van der Waals surface area contributed by atoms with E-state index < -0.39 is 0 Å². The molecule has 0 saturated heterocycles. The average molecular weight is 734 g/mol. The zero-order chi connectivity index (χ0) is 36.7. The maximum atomic E-state index is 6.98. The van der Waals surface area contributed by atoms with Crippen LogP contribution in [0.15, 0.2) is 192 Å². The molecule has 5 heteroatoms. The smallest absolute Gasteiger partial charge is 0.228 e. The number of nitrogens with zero attached hydrogens (tertiary/aromatic N) is 3. The van der Waals surface area contributed by atoms with E-state index in [-0.39, 0.29) is 0 Å². The standard InChI is InChI=1S/C51H31N3OS/c1-2-17-33(18-3-1)53-41-26-10-8-22-38(41)48-36-21-7-6-20-35(36)44(31-45(48)53)54(42-27-14-30-47-49(42)39-23-9-11-29-46(39)56-47)43-28-13-25-40-50(43)55-51(52-40)37-24-12-16-32-15-4-5-19-34(32)37/h1-31H. The Labute approximate surface area is 325 Å². The number of thiophene rings is 1. The topological polar surface area (TPSA) is 34.2 Å². The summed E-state index contributed by atoms with van der Waals surface area (Å²) in [6, 6.07) is 67.2. The van der Waals surface area contributed by atoms with E-state index in [4.69, 9.17) is 9.40 Å². The van der Waals surface area contributed by atoms with Crippen molar-refractivity contribution in [2.45, 2.75) is 0 Å². The molecule has 0 aliphatic carbocycles. The van der Waals surface area contributed by atoms with Crippen LogP contribution in [0.25, 0.3) is 91.8 Å². The second-order valence-electron chi connectivity index (χ2n) is 14.3. The Bertz CT molecular complexity index is 3500. The van der Waals surface area contributed by atoms with Crippen molar-refractivity contribution in [3.63, 3.8) is 0 Å². The first-order valence-corrected chi connectivity index (χ1v) is 19.7. The van der Waals surface area contributed by atoms with Crippen LogP contribution in [0.5, 0.6) is 0 Å². The third-order valence-corrected chi connectivity index (χ3v) is 12.3. The van der Waals surface area contributed by atoms with Crippen LogP contribution in [0.1, 0.15) is 0 Å². The molecular weight excluding hydrogens is 703 g/mol. The zero-order valence-corrected chi connectivity index (χ0v) is 30.9. The molecule has 3 heterocycles. The van der Waals surface area contributed by atoms with E-state index in [1.54, 1.807) is 0 Å². The molecule has 4 nitrogen and oxygen atoms in total. The van der Waals surface area contributed by atoms with Gasteiger partial charge in [-0.25, -0.2) is 4.98 Å². The van der Waals surface area contributed by atoms with E-state index in [1.807, 2.05) is 11.3 Å². The Morgan fingerprint density at radius 2 is 1.12 bits per heavy atom. The first-order valence-electron chi connectivity index (χ1n) is 18.9. The second kappa shape index (κ2) is 12.2. The van der Waals surface area contributed by atoms with Crippen molar-refractivity contribution in [1.82, 2.24) is 9.55 Å². The van der Waals surface area contributed by atoms with E-state index in [2.05, 4.69) is 198 Å². The minimum absolute atomic E-state index is 0.605. The van der Waals surface area contributed by atoms with Gasteiger partial charge in [0, 0.05) is 47.6 Å². The average Bonchev–Trinajstić information content (AvgIpc) is 3.96. The van der Waals surface area contributed by atoms with Crippen LogP contribution in [-0.2, 0) is 0 Å². The number of aromatic nitrogens is 2. The summed E-state index contributed by atoms with van der Waals surface area (Å²) in [5.74, 6) is 0.605. The van der Waals surface area contributed by atoms with Crippen LogP contribution in [0.3, 0.4) is 0 Å². The van der Waals surface area contributed by atoms with Crippen molar-refractivity contribution in [3.05, 3.63) is 188 Å². The molecule has 262 valence electrons. The van der Waals surface area contributed by atoms with Gasteiger partial charge in [-0.1, -0.05) is 127 Å². The molecule has 0 N–H and O–H groups in total. The van der Waals surface area contributed by atoms with Crippen molar-refractivity contribution < 1.29 is 4.42 Å². The summed E-state index contributed by atoms with van der Waals surface area (Å²) in [6.45, 7) is 0. The molecule has 0 radical (unpaired) electrons. The van der Waals surface area contributed by atoms with E-state index >= 15 is 0 Å². The Morgan fingerprint density at radius 1 is 0.464 bits per heavy atom. The lowest BCUT2D eigenvalue weighted by molar-refractivity contribution is 0.621. The number of rotatable bonds is 5. The number of oxazole rings is 1. The molecule has 0 fully saturated rings. The van der Waals surface area contributed by atoms with Gasteiger partial charge in [0.2, 0.25) is 5.89 Å². The summed E-state index contributed by atoms with van der Waals surface area (Å²) >= 11 is 1.83. The van der Waals surface area contributed by atoms with E-state index in [0.717, 1.165) is 61.1 Å². The van der Waals surface area contributed by atoms with Crippen molar-refractivity contribution >= 4 is 103 Å². The van der Waals surface area contributed by atoms with E-state index in [0.29, 0.717) is 5.89 Å². The highest BCUT2D eigenvalue weighted by molar-refractivity contribution is 7.26. The molecule has 0 bridgehead atoms. The van der Waals surface area contributed by atoms with Gasteiger partial charge in [-0.2, -0.15) is 0 Å². The summed E-state index contributed by atoms with van der Waals surface area (Å²) < 4.78 is 11.9. The predicted molar refractivity (Wildman–Crippen MR) is 236 cm³/mol. The molecule has 12 rings (SSSR count). The maximum Gasteiger partial charge on any atom is 0.228 e. The highest BCUT2D eigenvalue weighted by atomic mass is 32.1. The fourth-order valence-electron chi connectivity index (χ4n) is 8.82. The minimum Gasteiger partial charge on any atom is -0.434 e. The third kappa shape index (κ3) is 4.55. The van der Waals surface area contributed by atoms with Gasteiger partial charge in [0.05, 0.1) is 28.1 Å². The summed E-state index contributed by atoms with van der Waals surface area (Å²) in [6.07, 6.45) is 0. The molecule has 3 aromatic heterocycles. The van der Waals surface area contributed by atoms with Crippen LogP contribution in [-0.4, -0.2) is 9.55 Å². The number of benzene rings is 9. The summed E-state index contributed by atoms with van der Waals surface area (Å²) in [7, 11) is 0. The number of hydrogen-bond acceptors (Lipinski definition) is 4. The van der Waals surface area contributed by atoms with E-state index in [1.165, 1.54) is 41.8 Å². The van der Waals surface area contributed by atoms with Gasteiger partial charge < -0.3 is 13.9 Å². The van der Waals surface area contributed by atoms with Crippen molar-refractivity contribution in [3.8, 4) is 17.1 Å². The maximum absolute atomic E-state index is 6.98. The molecule has 0 aliphatic rings. The molecule has 0 unspecified atom stereocenters. The molecule has 0 atom stereocenters. The van der Waals surface area contributed by atoms with Crippen LogP contribution < -0.4 is 4.90 Å². The van der Waals surface area contributed by atoms with Gasteiger partial charge in [0.15, 0.2) is 5.58 Å². The molecular formula is C51H31N3OS. The monoisotopic (exact) mass is 733 g/mol. The Kier molecular flexibility index (Phi) is 6.76. The number of para-hydroxylation sites is 3. The van der Waals surface area contributed by atoms with Gasteiger partial charge >= 0.3 is 0 Å². The fraction of sp³-hybridized carbons (Fsp3) is 0. The van der Waals surface area contributed by atoms with Gasteiger partial charge in [0.25, 0.3) is 0 Å². The highest BCUT2D eigenvalue weighted by Gasteiger charge is 2.26. The largest absolute Gasteiger partial charge is 0.434 e. The molecule has 12 aromatic rings. The Morgan fingerprint density at radius 3 is 2.02 bits per heavy atom. The summed E-state index contributed by atoms with van der Waals surface area (Å²) in [5.41, 5.74) is 9.02.